The molecule has 0 aromatic heterocycles. The molecule has 1 aromatic rings. The molecule has 1 aliphatic carbocycles. The first kappa shape index (κ1) is 12.0. The fraction of sp³-hybridized carbons (Fsp3) is 0.600. The van der Waals surface area contributed by atoms with Crippen LogP contribution in [-0.2, 0) is 16.6 Å². The summed E-state index contributed by atoms with van der Waals surface area (Å²) in [5.74, 6) is 0.883. The molecule has 1 spiro atoms. The Morgan fingerprint density at radius 3 is 2.83 bits per heavy atom. The molecular formula is C15H20O3. The van der Waals surface area contributed by atoms with E-state index in [0.717, 1.165) is 44.6 Å². The maximum atomic E-state index is 10.5. The van der Waals surface area contributed by atoms with Crippen LogP contribution in [0.25, 0.3) is 0 Å². The van der Waals surface area contributed by atoms with Crippen molar-refractivity contribution in [2.45, 2.75) is 37.2 Å². The van der Waals surface area contributed by atoms with Gasteiger partial charge >= 0.3 is 0 Å². The molecule has 3 heteroatoms. The van der Waals surface area contributed by atoms with Crippen molar-refractivity contribution in [1.29, 1.82) is 0 Å². The minimum Gasteiger partial charge on any atom is -0.497 e. The topological polar surface area (TPSA) is 38.7 Å². The number of hydrogen-bond acceptors (Lipinski definition) is 3. The van der Waals surface area contributed by atoms with Crippen molar-refractivity contribution in [1.82, 2.24) is 0 Å². The first-order chi connectivity index (χ1) is 8.76. The number of benzene rings is 1. The quantitative estimate of drug-likeness (QED) is 0.826. The predicted octanol–water partition coefficient (Wildman–Crippen LogP) is 2.05. The van der Waals surface area contributed by atoms with E-state index in [1.165, 1.54) is 11.1 Å². The Kier molecular flexibility index (Phi) is 3.04. The zero-order chi connectivity index (χ0) is 12.6. The molecule has 1 saturated heterocycles. The van der Waals surface area contributed by atoms with Gasteiger partial charge in [0.2, 0.25) is 0 Å². The molecule has 1 aliphatic heterocycles. The van der Waals surface area contributed by atoms with E-state index in [9.17, 15) is 5.11 Å². The number of aliphatic hydroxyl groups excluding tert-OH is 1. The standard InChI is InChI=1S/C15H20O3/c1-17-12-4-2-11-3-5-14(16)15(13(11)10-12)6-8-18-9-7-15/h2,4,10,14,16H,3,5-9H2,1H3. The molecule has 3 nitrogen and oxygen atoms in total. The number of aliphatic hydroxyl groups is 1. The van der Waals surface area contributed by atoms with Crippen LogP contribution in [0.2, 0.25) is 0 Å². The van der Waals surface area contributed by atoms with Gasteiger partial charge in [0.15, 0.2) is 0 Å². The van der Waals surface area contributed by atoms with Gasteiger partial charge in [0.05, 0.1) is 13.2 Å². The Labute approximate surface area is 108 Å². The summed E-state index contributed by atoms with van der Waals surface area (Å²) in [6, 6.07) is 6.28. The number of fused-ring (bicyclic) bond motifs is 2. The smallest absolute Gasteiger partial charge is 0.119 e. The fourth-order valence-electron chi connectivity index (χ4n) is 3.45. The lowest BCUT2D eigenvalue weighted by atomic mass is 9.64. The van der Waals surface area contributed by atoms with Gasteiger partial charge in [0.1, 0.15) is 5.75 Å². The second-order valence-electron chi connectivity index (χ2n) is 5.35. The Bertz CT molecular complexity index is 435. The van der Waals surface area contributed by atoms with Crippen LogP contribution in [0.5, 0.6) is 5.75 Å². The zero-order valence-electron chi connectivity index (χ0n) is 10.8. The molecule has 0 radical (unpaired) electrons. The number of methoxy groups -OCH3 is 1. The van der Waals surface area contributed by atoms with E-state index in [0.29, 0.717) is 0 Å². The highest BCUT2D eigenvalue weighted by Crippen LogP contribution is 2.45. The van der Waals surface area contributed by atoms with Crippen molar-refractivity contribution >= 4 is 0 Å². The van der Waals surface area contributed by atoms with E-state index >= 15 is 0 Å². The Balaban J connectivity index is 2.09. The summed E-state index contributed by atoms with van der Waals surface area (Å²) in [5.41, 5.74) is 2.53. The number of rotatable bonds is 1. The molecule has 98 valence electrons. The predicted molar refractivity (Wildman–Crippen MR) is 69.1 cm³/mol. The van der Waals surface area contributed by atoms with Crippen molar-refractivity contribution in [2.75, 3.05) is 20.3 Å². The Morgan fingerprint density at radius 1 is 1.33 bits per heavy atom. The molecule has 0 amide bonds. The van der Waals surface area contributed by atoms with Crippen molar-refractivity contribution in [3.05, 3.63) is 29.3 Å². The highest BCUT2D eigenvalue weighted by Gasteiger charge is 2.44. The molecule has 1 unspecified atom stereocenters. The lowest BCUT2D eigenvalue weighted by molar-refractivity contribution is -0.0238. The highest BCUT2D eigenvalue weighted by molar-refractivity contribution is 5.44. The van der Waals surface area contributed by atoms with E-state index in [-0.39, 0.29) is 11.5 Å². The van der Waals surface area contributed by atoms with Crippen LogP contribution in [0.3, 0.4) is 0 Å². The van der Waals surface area contributed by atoms with E-state index < -0.39 is 0 Å². The van der Waals surface area contributed by atoms with Crippen molar-refractivity contribution in [2.24, 2.45) is 0 Å². The van der Waals surface area contributed by atoms with Crippen molar-refractivity contribution in [3.63, 3.8) is 0 Å². The fourth-order valence-corrected chi connectivity index (χ4v) is 3.45. The molecule has 3 rings (SSSR count). The van der Waals surface area contributed by atoms with Crippen LogP contribution in [0.15, 0.2) is 18.2 Å². The first-order valence-corrected chi connectivity index (χ1v) is 6.69. The van der Waals surface area contributed by atoms with Crippen molar-refractivity contribution < 1.29 is 14.6 Å². The summed E-state index contributed by atoms with van der Waals surface area (Å²) in [6.07, 6.45) is 3.39. The largest absolute Gasteiger partial charge is 0.497 e. The highest BCUT2D eigenvalue weighted by atomic mass is 16.5. The second kappa shape index (κ2) is 4.56. The van der Waals surface area contributed by atoms with Gasteiger partial charge in [-0.25, -0.2) is 0 Å². The van der Waals surface area contributed by atoms with E-state index in [2.05, 4.69) is 12.1 Å². The van der Waals surface area contributed by atoms with Gasteiger partial charge in [-0.05, 0) is 48.9 Å². The minimum absolute atomic E-state index is 0.111. The molecule has 1 heterocycles. The average molecular weight is 248 g/mol. The molecule has 2 aliphatic rings. The van der Waals surface area contributed by atoms with Gasteiger partial charge in [-0.1, -0.05) is 6.07 Å². The Hall–Kier alpha value is -1.06. The molecule has 0 bridgehead atoms. The maximum absolute atomic E-state index is 10.5. The molecule has 18 heavy (non-hydrogen) atoms. The first-order valence-electron chi connectivity index (χ1n) is 6.69. The summed E-state index contributed by atoms with van der Waals surface area (Å²) in [7, 11) is 1.69. The third-order valence-corrected chi connectivity index (χ3v) is 4.56. The zero-order valence-corrected chi connectivity index (χ0v) is 10.8. The van der Waals surface area contributed by atoms with Crippen LogP contribution >= 0.6 is 0 Å². The summed E-state index contributed by atoms with van der Waals surface area (Å²) in [6.45, 7) is 1.49. The maximum Gasteiger partial charge on any atom is 0.119 e. The molecular weight excluding hydrogens is 228 g/mol. The van der Waals surface area contributed by atoms with Gasteiger partial charge in [-0.3, -0.25) is 0 Å². The molecule has 1 fully saturated rings. The minimum atomic E-state index is -0.249. The molecule has 1 aromatic carbocycles. The van der Waals surface area contributed by atoms with Gasteiger partial charge in [0, 0.05) is 18.6 Å². The van der Waals surface area contributed by atoms with Crippen LogP contribution in [0, 0.1) is 0 Å². The normalized spacial score (nSPS) is 25.8. The molecule has 1 atom stereocenters. The van der Waals surface area contributed by atoms with E-state index in [1.54, 1.807) is 7.11 Å². The van der Waals surface area contributed by atoms with Crippen LogP contribution < -0.4 is 4.74 Å². The monoisotopic (exact) mass is 248 g/mol. The SMILES string of the molecule is COc1ccc2c(c1)C1(CCOCC1)C(O)CC2. The number of aryl methyl sites for hydroxylation is 1. The second-order valence-corrected chi connectivity index (χ2v) is 5.35. The molecule has 0 saturated carbocycles. The van der Waals surface area contributed by atoms with Crippen LogP contribution in [0.4, 0.5) is 0 Å². The molecule has 1 N–H and O–H groups in total. The van der Waals surface area contributed by atoms with Crippen LogP contribution in [-0.4, -0.2) is 31.5 Å². The van der Waals surface area contributed by atoms with E-state index in [1.807, 2.05) is 6.07 Å². The summed E-state index contributed by atoms with van der Waals surface area (Å²) in [5, 5.41) is 10.5. The third kappa shape index (κ3) is 1.73. The lowest BCUT2D eigenvalue weighted by Crippen LogP contribution is -2.47. The van der Waals surface area contributed by atoms with Gasteiger partial charge in [-0.15, -0.1) is 0 Å². The summed E-state index contributed by atoms with van der Waals surface area (Å²) in [4.78, 5) is 0. The average Bonchev–Trinajstić information content (AvgIpc) is 2.44. The van der Waals surface area contributed by atoms with E-state index in [4.69, 9.17) is 9.47 Å². The van der Waals surface area contributed by atoms with Crippen molar-refractivity contribution in [3.8, 4) is 5.75 Å². The third-order valence-electron chi connectivity index (χ3n) is 4.56. The summed E-state index contributed by atoms with van der Waals surface area (Å²) < 4.78 is 10.8. The van der Waals surface area contributed by atoms with Gasteiger partial charge < -0.3 is 14.6 Å². The number of ether oxygens (including phenoxy) is 2. The summed E-state index contributed by atoms with van der Waals surface area (Å²) >= 11 is 0. The van der Waals surface area contributed by atoms with Crippen LogP contribution in [0.1, 0.15) is 30.4 Å². The lowest BCUT2D eigenvalue weighted by Gasteiger charge is -2.45. The van der Waals surface area contributed by atoms with Gasteiger partial charge in [-0.2, -0.15) is 0 Å². The van der Waals surface area contributed by atoms with Gasteiger partial charge in [0.25, 0.3) is 0 Å². The Morgan fingerprint density at radius 2 is 2.11 bits per heavy atom. The number of hydrogen-bond donors (Lipinski definition) is 1.